The maximum Gasteiger partial charge on any atom is 0.280 e. The Hall–Kier alpha value is -3.21. The van der Waals surface area contributed by atoms with Crippen LogP contribution in [0.4, 0.5) is 5.69 Å². The molecule has 1 N–H and O–H groups in total. The fraction of sp³-hybridized carbons (Fsp3) is 0.150. The number of nitrogens with zero attached hydrogens (tertiary/aromatic N) is 2. The molecule has 2 aromatic carbocycles. The minimum absolute atomic E-state index is 0.130. The summed E-state index contributed by atoms with van der Waals surface area (Å²) < 4.78 is 1.60. The van der Waals surface area contributed by atoms with E-state index < -0.39 is 11.3 Å². The largest absolute Gasteiger partial charge is 0.320 e. The molecule has 1 heterocycles. The number of para-hydroxylation sites is 1. The molecule has 126 valence electrons. The fourth-order valence-corrected chi connectivity index (χ4v) is 2.67. The summed E-state index contributed by atoms with van der Waals surface area (Å²) in [7, 11) is 0. The second-order valence-corrected chi connectivity index (χ2v) is 6.02. The highest BCUT2D eigenvalue weighted by atomic mass is 16.2. The molecular formula is C20H19N3O2. The van der Waals surface area contributed by atoms with Gasteiger partial charge < -0.3 is 5.32 Å². The van der Waals surface area contributed by atoms with E-state index in [1.54, 1.807) is 11.6 Å². The number of nitrogens with one attached hydrogen (secondary N) is 1. The lowest BCUT2D eigenvalue weighted by molar-refractivity contribution is 0.101. The Balaban J connectivity index is 1.99. The zero-order valence-corrected chi connectivity index (χ0v) is 14.4. The van der Waals surface area contributed by atoms with Crippen LogP contribution in [-0.2, 0) is 0 Å². The molecule has 0 aliphatic carbocycles. The van der Waals surface area contributed by atoms with Crippen molar-refractivity contribution in [3.63, 3.8) is 0 Å². The number of aromatic nitrogens is 2. The number of amides is 1. The van der Waals surface area contributed by atoms with Crippen molar-refractivity contribution < 1.29 is 4.79 Å². The number of hydrogen-bond acceptors (Lipinski definition) is 3. The molecule has 0 saturated heterocycles. The van der Waals surface area contributed by atoms with Gasteiger partial charge >= 0.3 is 0 Å². The van der Waals surface area contributed by atoms with Crippen molar-refractivity contribution >= 4 is 11.6 Å². The molecule has 0 fully saturated rings. The molecule has 0 saturated carbocycles. The van der Waals surface area contributed by atoms with E-state index in [1.807, 2.05) is 62.4 Å². The fourth-order valence-electron chi connectivity index (χ4n) is 2.67. The highest BCUT2D eigenvalue weighted by molar-refractivity contribution is 6.03. The van der Waals surface area contributed by atoms with Crippen LogP contribution < -0.4 is 10.7 Å². The number of carbonyl (C=O) groups excluding carboxylic acids is 1. The number of anilines is 1. The van der Waals surface area contributed by atoms with Gasteiger partial charge in [-0.1, -0.05) is 35.9 Å². The van der Waals surface area contributed by atoms with E-state index >= 15 is 0 Å². The summed E-state index contributed by atoms with van der Waals surface area (Å²) in [5.41, 5.74) is 3.64. The standard InChI is InChI=1S/C20H19N3O2/c1-13-9-10-17(14(2)11-13)21-20(25)19-18(24)12-15(3)23(22-19)16-7-5-4-6-8-16/h4-12H,1-3H3,(H,21,25). The lowest BCUT2D eigenvalue weighted by Crippen LogP contribution is -2.27. The summed E-state index contributed by atoms with van der Waals surface area (Å²) in [5, 5.41) is 7.06. The second kappa shape index (κ2) is 6.73. The van der Waals surface area contributed by atoms with Crippen LogP contribution in [0.2, 0.25) is 0 Å². The first kappa shape index (κ1) is 16.6. The minimum Gasteiger partial charge on any atom is -0.320 e. The van der Waals surface area contributed by atoms with Gasteiger partial charge in [0, 0.05) is 17.4 Å². The van der Waals surface area contributed by atoms with Crippen LogP contribution in [0.25, 0.3) is 5.69 Å². The third kappa shape index (κ3) is 3.50. The molecule has 5 heteroatoms. The quantitative estimate of drug-likeness (QED) is 0.799. The molecule has 0 spiro atoms. The van der Waals surface area contributed by atoms with Crippen molar-refractivity contribution in [1.29, 1.82) is 0 Å². The zero-order valence-electron chi connectivity index (χ0n) is 14.4. The molecule has 25 heavy (non-hydrogen) atoms. The Morgan fingerprint density at radius 2 is 1.72 bits per heavy atom. The predicted octanol–water partition coefficient (Wildman–Crippen LogP) is 3.41. The van der Waals surface area contributed by atoms with Gasteiger partial charge in [0.1, 0.15) is 0 Å². The van der Waals surface area contributed by atoms with Crippen molar-refractivity contribution in [2.24, 2.45) is 0 Å². The Morgan fingerprint density at radius 1 is 1.00 bits per heavy atom. The van der Waals surface area contributed by atoms with Gasteiger partial charge in [-0.3, -0.25) is 9.59 Å². The molecular weight excluding hydrogens is 314 g/mol. The molecule has 3 aromatic rings. The normalized spacial score (nSPS) is 10.5. The van der Waals surface area contributed by atoms with Crippen LogP contribution in [0.1, 0.15) is 27.3 Å². The van der Waals surface area contributed by atoms with Gasteiger partial charge in [-0.25, -0.2) is 4.68 Å². The zero-order chi connectivity index (χ0) is 18.0. The molecule has 0 bridgehead atoms. The average Bonchev–Trinajstić information content (AvgIpc) is 2.58. The van der Waals surface area contributed by atoms with Gasteiger partial charge in [0.25, 0.3) is 5.91 Å². The number of aryl methyl sites for hydroxylation is 3. The SMILES string of the molecule is Cc1ccc(NC(=O)c2nn(-c3ccccc3)c(C)cc2=O)c(C)c1. The van der Waals surface area contributed by atoms with Gasteiger partial charge in [0.15, 0.2) is 5.69 Å². The summed E-state index contributed by atoms with van der Waals surface area (Å²) in [5.74, 6) is -0.512. The summed E-state index contributed by atoms with van der Waals surface area (Å²) in [6.45, 7) is 5.68. The van der Waals surface area contributed by atoms with Crippen molar-refractivity contribution in [2.45, 2.75) is 20.8 Å². The summed E-state index contributed by atoms with van der Waals surface area (Å²) in [4.78, 5) is 24.8. The number of rotatable bonds is 3. The lowest BCUT2D eigenvalue weighted by atomic mass is 10.1. The van der Waals surface area contributed by atoms with Gasteiger partial charge in [-0.15, -0.1) is 0 Å². The molecule has 0 aliphatic rings. The van der Waals surface area contributed by atoms with Crippen molar-refractivity contribution in [3.8, 4) is 5.69 Å². The molecule has 0 unspecified atom stereocenters. The van der Waals surface area contributed by atoms with Crippen molar-refractivity contribution in [2.75, 3.05) is 5.32 Å². The smallest absolute Gasteiger partial charge is 0.280 e. The first-order valence-corrected chi connectivity index (χ1v) is 8.01. The van der Waals surface area contributed by atoms with Crippen molar-refractivity contribution in [1.82, 2.24) is 9.78 Å². The van der Waals surface area contributed by atoms with E-state index in [9.17, 15) is 9.59 Å². The predicted molar refractivity (Wildman–Crippen MR) is 98.4 cm³/mol. The molecule has 0 atom stereocenters. The van der Waals surface area contributed by atoms with Crippen LogP contribution in [0.5, 0.6) is 0 Å². The van der Waals surface area contributed by atoms with E-state index in [-0.39, 0.29) is 5.69 Å². The van der Waals surface area contributed by atoms with E-state index in [2.05, 4.69) is 10.4 Å². The van der Waals surface area contributed by atoms with E-state index in [4.69, 9.17) is 0 Å². The van der Waals surface area contributed by atoms with Gasteiger partial charge in [-0.05, 0) is 44.5 Å². The van der Waals surface area contributed by atoms with Crippen LogP contribution in [0.15, 0.2) is 59.4 Å². The molecule has 3 rings (SSSR count). The van der Waals surface area contributed by atoms with Crippen molar-refractivity contribution in [3.05, 3.63) is 87.3 Å². The number of benzene rings is 2. The number of hydrogen-bond donors (Lipinski definition) is 1. The van der Waals surface area contributed by atoms with E-state index in [0.717, 1.165) is 16.8 Å². The van der Waals surface area contributed by atoms with Crippen LogP contribution >= 0.6 is 0 Å². The molecule has 1 aromatic heterocycles. The number of carbonyl (C=O) groups is 1. The summed E-state index contributed by atoms with van der Waals surface area (Å²) in [6, 6.07) is 16.5. The summed E-state index contributed by atoms with van der Waals surface area (Å²) in [6.07, 6.45) is 0. The Kier molecular flexibility index (Phi) is 4.48. The highest BCUT2D eigenvalue weighted by Gasteiger charge is 2.16. The Labute approximate surface area is 145 Å². The van der Waals surface area contributed by atoms with Crippen LogP contribution in [0.3, 0.4) is 0 Å². The molecule has 0 aliphatic heterocycles. The van der Waals surface area contributed by atoms with Crippen LogP contribution in [0, 0.1) is 20.8 Å². The third-order valence-electron chi connectivity index (χ3n) is 3.95. The van der Waals surface area contributed by atoms with Gasteiger partial charge in [-0.2, -0.15) is 5.10 Å². The first-order valence-electron chi connectivity index (χ1n) is 8.01. The third-order valence-corrected chi connectivity index (χ3v) is 3.95. The van der Waals surface area contributed by atoms with Gasteiger partial charge in [0.05, 0.1) is 5.69 Å². The summed E-state index contributed by atoms with van der Waals surface area (Å²) >= 11 is 0. The molecule has 0 radical (unpaired) electrons. The Morgan fingerprint density at radius 3 is 2.40 bits per heavy atom. The first-order chi connectivity index (χ1) is 12.0. The lowest BCUT2D eigenvalue weighted by Gasteiger charge is -2.12. The van der Waals surface area contributed by atoms with E-state index in [1.165, 1.54) is 6.07 Å². The molecule has 5 nitrogen and oxygen atoms in total. The van der Waals surface area contributed by atoms with E-state index in [0.29, 0.717) is 11.4 Å². The topological polar surface area (TPSA) is 64.0 Å². The monoisotopic (exact) mass is 333 g/mol. The van der Waals surface area contributed by atoms with Gasteiger partial charge in [0.2, 0.25) is 5.43 Å². The minimum atomic E-state index is -0.512. The second-order valence-electron chi connectivity index (χ2n) is 6.02. The molecule has 1 amide bonds. The average molecular weight is 333 g/mol. The van der Waals surface area contributed by atoms with Crippen LogP contribution in [-0.4, -0.2) is 15.7 Å². The Bertz CT molecular complexity index is 992. The highest BCUT2D eigenvalue weighted by Crippen LogP contribution is 2.16. The maximum absolute atomic E-state index is 12.6. The maximum atomic E-state index is 12.6.